The first kappa shape index (κ1) is 13.4. The highest BCUT2D eigenvalue weighted by Crippen LogP contribution is 2.49. The number of aryl methyl sites for hydroxylation is 2. The zero-order chi connectivity index (χ0) is 14.3. The molecule has 20 heavy (non-hydrogen) atoms. The van der Waals surface area contributed by atoms with Crippen molar-refractivity contribution in [3.8, 4) is 0 Å². The van der Waals surface area contributed by atoms with Crippen molar-refractivity contribution in [2.75, 3.05) is 11.9 Å². The van der Waals surface area contributed by atoms with E-state index in [2.05, 4.69) is 10.4 Å². The van der Waals surface area contributed by atoms with Gasteiger partial charge in [0.25, 0.3) is 0 Å². The lowest BCUT2D eigenvalue weighted by Gasteiger charge is -2.17. The molecule has 0 atom stereocenters. The second kappa shape index (κ2) is 5.07. The van der Waals surface area contributed by atoms with Crippen LogP contribution in [0.4, 0.5) is 11.5 Å². The second-order valence-electron chi connectivity index (χ2n) is 6.08. The molecule has 0 bridgehead atoms. The van der Waals surface area contributed by atoms with E-state index >= 15 is 0 Å². The van der Waals surface area contributed by atoms with Crippen molar-refractivity contribution in [1.29, 1.82) is 0 Å². The van der Waals surface area contributed by atoms with Crippen molar-refractivity contribution >= 4 is 11.5 Å². The van der Waals surface area contributed by atoms with Crippen molar-refractivity contribution in [2.45, 2.75) is 46.1 Å². The van der Waals surface area contributed by atoms with Gasteiger partial charge in [-0.2, -0.15) is 5.10 Å². The average Bonchev–Trinajstić information content (AvgIpc) is 3.28. The summed E-state index contributed by atoms with van der Waals surface area (Å²) in [5.41, 5.74) is 0.630. The molecular formula is C14H22N4O2. The van der Waals surface area contributed by atoms with Crippen LogP contribution in [0.1, 0.15) is 38.3 Å². The van der Waals surface area contributed by atoms with Gasteiger partial charge in [0, 0.05) is 13.1 Å². The minimum absolute atomic E-state index is 0.136. The van der Waals surface area contributed by atoms with Crippen LogP contribution in [0, 0.1) is 34.8 Å². The average molecular weight is 278 g/mol. The van der Waals surface area contributed by atoms with Crippen LogP contribution in [0.5, 0.6) is 0 Å². The van der Waals surface area contributed by atoms with Crippen molar-refractivity contribution in [2.24, 2.45) is 17.8 Å². The van der Waals surface area contributed by atoms with Crippen LogP contribution >= 0.6 is 0 Å². The van der Waals surface area contributed by atoms with E-state index in [0.717, 1.165) is 18.4 Å². The molecule has 2 aliphatic rings. The lowest BCUT2D eigenvalue weighted by atomic mass is 9.98. The smallest absolute Gasteiger partial charge is 0.333 e. The third-order valence-corrected chi connectivity index (χ3v) is 4.54. The van der Waals surface area contributed by atoms with Gasteiger partial charge >= 0.3 is 5.69 Å². The lowest BCUT2D eigenvalue weighted by molar-refractivity contribution is -0.384. The van der Waals surface area contributed by atoms with Gasteiger partial charge in [0.05, 0.1) is 4.92 Å². The lowest BCUT2D eigenvalue weighted by Crippen LogP contribution is -2.20. The number of hydrogen-bond donors (Lipinski definition) is 1. The molecule has 0 aliphatic heterocycles. The molecular weight excluding hydrogens is 256 g/mol. The maximum atomic E-state index is 11.2. The third-order valence-electron chi connectivity index (χ3n) is 4.54. The highest BCUT2D eigenvalue weighted by atomic mass is 16.6. The van der Waals surface area contributed by atoms with Crippen molar-refractivity contribution in [1.82, 2.24) is 9.78 Å². The molecule has 6 heteroatoms. The zero-order valence-electron chi connectivity index (χ0n) is 12.1. The third kappa shape index (κ3) is 2.51. The molecule has 1 aromatic rings. The molecule has 0 unspecified atom stereocenters. The topological polar surface area (TPSA) is 73.0 Å². The van der Waals surface area contributed by atoms with E-state index in [9.17, 15) is 10.1 Å². The Bertz CT molecular complexity index is 505. The number of nitro groups is 1. The van der Waals surface area contributed by atoms with E-state index < -0.39 is 0 Å². The molecule has 0 radical (unpaired) electrons. The molecule has 1 aromatic heterocycles. The Morgan fingerprint density at radius 2 is 2.00 bits per heavy atom. The molecule has 3 rings (SSSR count). The molecule has 2 fully saturated rings. The largest absolute Gasteiger partial charge is 0.364 e. The van der Waals surface area contributed by atoms with Crippen molar-refractivity contribution in [3.63, 3.8) is 0 Å². The summed E-state index contributed by atoms with van der Waals surface area (Å²) in [6.45, 7) is 5.16. The van der Waals surface area contributed by atoms with Crippen LogP contribution in [0.3, 0.4) is 0 Å². The van der Waals surface area contributed by atoms with E-state index in [4.69, 9.17) is 0 Å². The summed E-state index contributed by atoms with van der Waals surface area (Å²) in [7, 11) is 0. The van der Waals surface area contributed by atoms with Gasteiger partial charge in [-0.05, 0) is 57.3 Å². The van der Waals surface area contributed by atoms with Gasteiger partial charge in [0.1, 0.15) is 5.69 Å². The van der Waals surface area contributed by atoms with Crippen LogP contribution in [-0.4, -0.2) is 21.2 Å². The highest BCUT2D eigenvalue weighted by Gasteiger charge is 2.41. The Balaban J connectivity index is 1.76. The Hall–Kier alpha value is -1.59. The van der Waals surface area contributed by atoms with Gasteiger partial charge in [-0.1, -0.05) is 0 Å². The van der Waals surface area contributed by atoms with Gasteiger partial charge in [0.15, 0.2) is 0 Å². The fourth-order valence-corrected chi connectivity index (χ4v) is 3.18. The monoisotopic (exact) mass is 278 g/mol. The molecule has 1 heterocycles. The van der Waals surface area contributed by atoms with E-state index in [1.165, 1.54) is 25.7 Å². The number of aromatic nitrogens is 2. The number of hydrogen-bond acceptors (Lipinski definition) is 4. The molecule has 1 N–H and O–H groups in total. The second-order valence-corrected chi connectivity index (χ2v) is 6.08. The van der Waals surface area contributed by atoms with Crippen LogP contribution in [-0.2, 0) is 6.54 Å². The molecule has 0 saturated heterocycles. The maximum Gasteiger partial charge on any atom is 0.333 e. The first-order chi connectivity index (χ1) is 9.61. The zero-order valence-corrected chi connectivity index (χ0v) is 12.1. The molecule has 0 amide bonds. The van der Waals surface area contributed by atoms with Crippen LogP contribution in [0.15, 0.2) is 0 Å². The van der Waals surface area contributed by atoms with Gasteiger partial charge < -0.3 is 5.32 Å². The predicted molar refractivity (Wildman–Crippen MR) is 76.7 cm³/mol. The Kier molecular flexibility index (Phi) is 3.40. The van der Waals surface area contributed by atoms with E-state index in [0.29, 0.717) is 24.0 Å². The summed E-state index contributed by atoms with van der Waals surface area (Å²) in [5.74, 6) is 2.96. The standard InChI is InChI=1S/C14H22N4O2/c1-3-17-14(13(18(19)20)9(2)16-17)15-8-12(10-4-5-10)11-6-7-11/h10-12,15H,3-8H2,1-2H3. The number of nitrogens with zero attached hydrogens (tertiary/aromatic N) is 3. The quantitative estimate of drug-likeness (QED) is 0.614. The van der Waals surface area contributed by atoms with Gasteiger partial charge in [-0.15, -0.1) is 0 Å². The van der Waals surface area contributed by atoms with Crippen LogP contribution < -0.4 is 5.32 Å². The first-order valence-corrected chi connectivity index (χ1v) is 7.57. The molecule has 110 valence electrons. The molecule has 0 spiro atoms. The van der Waals surface area contributed by atoms with Crippen LogP contribution in [0.25, 0.3) is 0 Å². The summed E-state index contributed by atoms with van der Waals surface area (Å²) in [4.78, 5) is 10.9. The van der Waals surface area contributed by atoms with Gasteiger partial charge in [0.2, 0.25) is 5.82 Å². The fraction of sp³-hybridized carbons (Fsp3) is 0.786. The maximum absolute atomic E-state index is 11.2. The molecule has 6 nitrogen and oxygen atoms in total. The Morgan fingerprint density at radius 3 is 2.45 bits per heavy atom. The fourth-order valence-electron chi connectivity index (χ4n) is 3.18. The number of nitrogens with one attached hydrogen (secondary N) is 1. The minimum atomic E-state index is -0.319. The SMILES string of the molecule is CCn1nc(C)c([N+](=O)[O-])c1NCC(C1CC1)C1CC1. The normalized spacial score (nSPS) is 18.6. The van der Waals surface area contributed by atoms with E-state index in [1.807, 2.05) is 6.92 Å². The van der Waals surface area contributed by atoms with E-state index in [1.54, 1.807) is 11.6 Å². The number of anilines is 1. The molecule has 2 saturated carbocycles. The molecule has 0 aromatic carbocycles. The first-order valence-electron chi connectivity index (χ1n) is 7.57. The van der Waals surface area contributed by atoms with Gasteiger partial charge in [-0.3, -0.25) is 10.1 Å². The van der Waals surface area contributed by atoms with Crippen LogP contribution in [0.2, 0.25) is 0 Å². The highest BCUT2D eigenvalue weighted by molar-refractivity contribution is 5.59. The van der Waals surface area contributed by atoms with Gasteiger partial charge in [-0.25, -0.2) is 4.68 Å². The summed E-state index contributed by atoms with van der Waals surface area (Å²) in [5, 5.41) is 18.8. The molecule has 2 aliphatic carbocycles. The summed E-state index contributed by atoms with van der Waals surface area (Å²) in [6.07, 6.45) is 5.32. The van der Waals surface area contributed by atoms with Crippen molar-refractivity contribution in [3.05, 3.63) is 15.8 Å². The van der Waals surface area contributed by atoms with Crippen molar-refractivity contribution < 1.29 is 4.92 Å². The minimum Gasteiger partial charge on any atom is -0.364 e. The Labute approximate surface area is 118 Å². The summed E-state index contributed by atoms with van der Waals surface area (Å²) < 4.78 is 1.71. The number of rotatable bonds is 7. The summed E-state index contributed by atoms with van der Waals surface area (Å²) in [6, 6.07) is 0. The predicted octanol–water partition coefficient (Wildman–Crippen LogP) is 2.97. The van der Waals surface area contributed by atoms with E-state index in [-0.39, 0.29) is 10.6 Å². The summed E-state index contributed by atoms with van der Waals surface area (Å²) >= 11 is 0. The Morgan fingerprint density at radius 1 is 1.40 bits per heavy atom.